The summed E-state index contributed by atoms with van der Waals surface area (Å²) in [5.41, 5.74) is 2.36. The summed E-state index contributed by atoms with van der Waals surface area (Å²) in [6.45, 7) is 4.48. The maximum atomic E-state index is 14.0. The Morgan fingerprint density at radius 3 is 2.48 bits per heavy atom. The summed E-state index contributed by atoms with van der Waals surface area (Å²) in [4.78, 5) is 34.5. The third-order valence-electron chi connectivity index (χ3n) is 6.58. The van der Waals surface area contributed by atoms with E-state index in [1.807, 2.05) is 80.6 Å². The molecule has 1 unspecified atom stereocenters. The second-order valence-corrected chi connectivity index (χ2v) is 9.69. The molecule has 0 aliphatic heterocycles. The fourth-order valence-corrected chi connectivity index (χ4v) is 4.84. The van der Waals surface area contributed by atoms with Crippen LogP contribution in [0.5, 0.6) is 5.75 Å². The Morgan fingerprint density at radius 2 is 1.70 bits per heavy atom. The highest BCUT2D eigenvalue weighted by atomic mass is 35.5. The van der Waals surface area contributed by atoms with Crippen LogP contribution in [0, 0.1) is 0 Å². The van der Waals surface area contributed by atoms with E-state index in [9.17, 15) is 9.59 Å². The summed E-state index contributed by atoms with van der Waals surface area (Å²) in [5.74, 6) is 0.962. The van der Waals surface area contributed by atoms with Crippen LogP contribution < -0.4 is 15.6 Å². The monoisotopic (exact) mass is 552 g/mol. The Balaban J connectivity index is 1.67. The molecule has 1 heterocycles. The Morgan fingerprint density at radius 1 is 0.975 bits per heavy atom. The lowest BCUT2D eigenvalue weighted by atomic mass is 10.1. The Bertz CT molecular complexity index is 1700. The molecule has 0 bridgehead atoms. The van der Waals surface area contributed by atoms with Crippen molar-refractivity contribution >= 4 is 34.2 Å². The van der Waals surface area contributed by atoms with E-state index < -0.39 is 6.04 Å². The molecule has 1 atom stereocenters. The van der Waals surface area contributed by atoms with Gasteiger partial charge in [-0.3, -0.25) is 9.36 Å². The first-order chi connectivity index (χ1) is 19.5. The van der Waals surface area contributed by atoms with Crippen LogP contribution in [-0.2, 0) is 6.54 Å². The Labute approximate surface area is 237 Å². The number of rotatable bonds is 8. The number of halogens is 1. The first kappa shape index (κ1) is 27.0. The molecule has 5 rings (SSSR count). The molecule has 1 N–H and O–H groups in total. The maximum absolute atomic E-state index is 14.0. The van der Waals surface area contributed by atoms with Gasteiger partial charge in [-0.2, -0.15) is 0 Å². The molecular weight excluding hydrogens is 524 g/mol. The minimum atomic E-state index is -0.619. The van der Waals surface area contributed by atoms with E-state index in [4.69, 9.17) is 21.3 Å². The van der Waals surface area contributed by atoms with Crippen LogP contribution in [0.4, 0.5) is 10.5 Å². The Hall–Kier alpha value is -4.62. The van der Waals surface area contributed by atoms with Crippen molar-refractivity contribution in [2.24, 2.45) is 0 Å². The third kappa shape index (κ3) is 5.70. The lowest BCUT2D eigenvalue weighted by Gasteiger charge is -2.31. The molecule has 5 aromatic rings. The smallest absolute Gasteiger partial charge is 0.322 e. The van der Waals surface area contributed by atoms with Crippen LogP contribution in [0.25, 0.3) is 16.6 Å². The predicted molar refractivity (Wildman–Crippen MR) is 159 cm³/mol. The van der Waals surface area contributed by atoms with Gasteiger partial charge < -0.3 is 15.0 Å². The number of fused-ring (bicyclic) bond motifs is 1. The standard InChI is InChI=1S/C32H29ClN4O3/c1-3-40-29-19-10-9-18-28(29)37-30(35-27-17-8-7-16-26(27)31(37)38)22(2)36(21-23-12-5-4-6-13-23)32(39)34-25-15-11-14-24(33)20-25/h4-20,22H,3,21H2,1-2H3,(H,34,39). The maximum Gasteiger partial charge on any atom is 0.322 e. The topological polar surface area (TPSA) is 76.5 Å². The van der Waals surface area contributed by atoms with Gasteiger partial charge in [0, 0.05) is 17.3 Å². The van der Waals surface area contributed by atoms with Gasteiger partial charge in [0.2, 0.25) is 0 Å². The largest absolute Gasteiger partial charge is 0.492 e. The molecule has 2 amide bonds. The minimum Gasteiger partial charge on any atom is -0.492 e. The molecule has 0 spiro atoms. The van der Waals surface area contributed by atoms with Crippen LogP contribution >= 0.6 is 11.6 Å². The minimum absolute atomic E-state index is 0.241. The molecule has 0 saturated heterocycles. The number of nitrogens with one attached hydrogen (secondary N) is 1. The van der Waals surface area contributed by atoms with E-state index in [2.05, 4.69) is 5.32 Å². The lowest BCUT2D eigenvalue weighted by Crippen LogP contribution is -2.39. The van der Waals surface area contributed by atoms with E-state index >= 15 is 0 Å². The van der Waals surface area contributed by atoms with Gasteiger partial charge >= 0.3 is 6.03 Å². The van der Waals surface area contributed by atoms with Gasteiger partial charge in [0.15, 0.2) is 0 Å². The number of amides is 2. The zero-order valence-corrected chi connectivity index (χ0v) is 23.0. The molecule has 8 heteroatoms. The molecule has 40 heavy (non-hydrogen) atoms. The number of carbonyl (C=O) groups excluding carboxylic acids is 1. The number of para-hydroxylation sites is 3. The number of carbonyl (C=O) groups is 1. The second kappa shape index (κ2) is 12.1. The average Bonchev–Trinajstić information content (AvgIpc) is 2.97. The number of urea groups is 1. The van der Waals surface area contributed by atoms with Crippen molar-refractivity contribution in [3.05, 3.63) is 130 Å². The quantitative estimate of drug-likeness (QED) is 0.220. The number of anilines is 1. The van der Waals surface area contributed by atoms with Crippen molar-refractivity contribution < 1.29 is 9.53 Å². The third-order valence-corrected chi connectivity index (χ3v) is 6.82. The molecule has 7 nitrogen and oxygen atoms in total. The summed E-state index contributed by atoms with van der Waals surface area (Å²) in [6, 6.07) is 30.3. The number of nitrogens with zero attached hydrogens (tertiary/aromatic N) is 3. The van der Waals surface area contributed by atoms with Crippen LogP contribution in [-0.4, -0.2) is 27.1 Å². The van der Waals surface area contributed by atoms with Gasteiger partial charge in [0.05, 0.1) is 29.2 Å². The Kier molecular flexibility index (Phi) is 8.12. The molecule has 1 aromatic heterocycles. The summed E-state index contributed by atoms with van der Waals surface area (Å²) < 4.78 is 7.45. The van der Waals surface area contributed by atoms with Crippen molar-refractivity contribution in [3.63, 3.8) is 0 Å². The van der Waals surface area contributed by atoms with Gasteiger partial charge in [0.25, 0.3) is 5.56 Å². The van der Waals surface area contributed by atoms with Gasteiger partial charge in [-0.1, -0.05) is 72.3 Å². The van der Waals surface area contributed by atoms with Crippen molar-refractivity contribution in [1.29, 1.82) is 0 Å². The first-order valence-electron chi connectivity index (χ1n) is 13.1. The highest BCUT2D eigenvalue weighted by Crippen LogP contribution is 2.29. The molecule has 4 aromatic carbocycles. The van der Waals surface area contributed by atoms with Crippen LogP contribution in [0.2, 0.25) is 5.02 Å². The van der Waals surface area contributed by atoms with Crippen LogP contribution in [0.1, 0.15) is 31.3 Å². The molecule has 202 valence electrons. The molecule has 0 aliphatic rings. The van der Waals surface area contributed by atoms with Crippen molar-refractivity contribution in [2.75, 3.05) is 11.9 Å². The molecule has 0 radical (unpaired) electrons. The second-order valence-electron chi connectivity index (χ2n) is 9.26. The number of hydrogen-bond acceptors (Lipinski definition) is 4. The lowest BCUT2D eigenvalue weighted by molar-refractivity contribution is 0.185. The molecule has 0 aliphatic carbocycles. The number of benzene rings is 4. The van der Waals surface area contributed by atoms with Gasteiger partial charge in [0.1, 0.15) is 11.6 Å². The summed E-state index contributed by atoms with van der Waals surface area (Å²) in [7, 11) is 0. The number of hydrogen-bond donors (Lipinski definition) is 1. The SMILES string of the molecule is CCOc1ccccc1-n1c(C(C)N(Cc2ccccc2)C(=O)Nc2cccc(Cl)c2)nc2ccccc2c1=O. The van der Waals surface area contributed by atoms with E-state index in [1.165, 1.54) is 0 Å². The predicted octanol–water partition coefficient (Wildman–Crippen LogP) is 7.23. The summed E-state index contributed by atoms with van der Waals surface area (Å²) >= 11 is 6.17. The fraction of sp³-hybridized carbons (Fsp3) is 0.156. The van der Waals surface area contributed by atoms with Crippen molar-refractivity contribution in [2.45, 2.75) is 26.4 Å². The molecular formula is C32H29ClN4O3. The van der Waals surface area contributed by atoms with Gasteiger partial charge in [-0.15, -0.1) is 0 Å². The molecule has 0 fully saturated rings. The first-order valence-corrected chi connectivity index (χ1v) is 13.4. The van der Waals surface area contributed by atoms with E-state index in [-0.39, 0.29) is 18.1 Å². The molecule has 0 saturated carbocycles. The van der Waals surface area contributed by atoms with Crippen molar-refractivity contribution in [1.82, 2.24) is 14.5 Å². The number of aromatic nitrogens is 2. The van der Waals surface area contributed by atoms with Gasteiger partial charge in [-0.25, -0.2) is 9.78 Å². The summed E-state index contributed by atoms with van der Waals surface area (Å²) in [6.07, 6.45) is 0. The van der Waals surface area contributed by atoms with Gasteiger partial charge in [-0.05, 0) is 61.9 Å². The summed E-state index contributed by atoms with van der Waals surface area (Å²) in [5, 5.41) is 3.95. The number of ether oxygens (including phenoxy) is 1. The van der Waals surface area contributed by atoms with E-state index in [0.717, 1.165) is 5.56 Å². The average molecular weight is 553 g/mol. The fourth-order valence-electron chi connectivity index (χ4n) is 4.65. The zero-order chi connectivity index (χ0) is 28.1. The van der Waals surface area contributed by atoms with Crippen LogP contribution in [0.15, 0.2) is 108 Å². The highest BCUT2D eigenvalue weighted by molar-refractivity contribution is 6.30. The van der Waals surface area contributed by atoms with E-state index in [0.29, 0.717) is 45.5 Å². The normalized spacial score (nSPS) is 11.7. The van der Waals surface area contributed by atoms with E-state index in [1.54, 1.807) is 45.9 Å². The van der Waals surface area contributed by atoms with Crippen molar-refractivity contribution in [3.8, 4) is 11.4 Å². The van der Waals surface area contributed by atoms with Crippen LogP contribution in [0.3, 0.4) is 0 Å². The highest BCUT2D eigenvalue weighted by Gasteiger charge is 2.28. The zero-order valence-electron chi connectivity index (χ0n) is 22.3.